The second-order valence-corrected chi connectivity index (χ2v) is 7.78. The molecule has 26 heavy (non-hydrogen) atoms. The Morgan fingerprint density at radius 2 is 1.58 bits per heavy atom. The van der Waals surface area contributed by atoms with Gasteiger partial charge in [0, 0.05) is 5.25 Å². The maximum absolute atomic E-state index is 4.76. The fourth-order valence-corrected chi connectivity index (χ4v) is 4.17. The molecular weight excluding hydrogens is 336 g/mol. The van der Waals surface area contributed by atoms with Crippen molar-refractivity contribution < 1.29 is 0 Å². The van der Waals surface area contributed by atoms with Crippen LogP contribution in [0, 0.1) is 13.8 Å². The van der Waals surface area contributed by atoms with Gasteiger partial charge in [-0.3, -0.25) is 10.0 Å². The number of hydrogen-bond donors (Lipinski definition) is 1. The normalized spacial score (nSPS) is 20.1. The lowest BCUT2D eigenvalue weighted by molar-refractivity contribution is 0.353. The molecule has 3 rings (SSSR count). The maximum Gasteiger partial charge on any atom is 0.0840 e. The molecule has 1 heterocycles. The Hall–Kier alpha value is -1.87. The van der Waals surface area contributed by atoms with E-state index in [1.807, 2.05) is 0 Å². The van der Waals surface area contributed by atoms with Gasteiger partial charge in [0.05, 0.1) is 23.5 Å². The van der Waals surface area contributed by atoms with Crippen molar-refractivity contribution in [2.45, 2.75) is 58.4 Å². The molecule has 2 nitrogen and oxygen atoms in total. The molecule has 0 N–H and O–H groups in total. The fraction of sp³-hybridized carbons (Fsp3) is 0.391. The van der Waals surface area contributed by atoms with Crippen LogP contribution in [0.2, 0.25) is 0 Å². The van der Waals surface area contributed by atoms with E-state index in [1.165, 1.54) is 28.1 Å². The summed E-state index contributed by atoms with van der Waals surface area (Å²) in [5.74, 6) is 0. The number of anilines is 2. The monoisotopic (exact) mass is 368 g/mol. The minimum absolute atomic E-state index is 0.313. The van der Waals surface area contributed by atoms with Gasteiger partial charge in [-0.1, -0.05) is 37.6 Å². The quantitative estimate of drug-likeness (QED) is 0.523. The van der Waals surface area contributed by atoms with Crippen LogP contribution in [0.15, 0.2) is 55.6 Å². The molecule has 0 bridgehead atoms. The molecule has 1 fully saturated rings. The van der Waals surface area contributed by atoms with Crippen molar-refractivity contribution in [3.05, 3.63) is 72.3 Å². The SMILES string of the molecule is C=C.CCc1ccc(N2C(C(C)S)C(C)N2c2ccc(C)cc2)cc1C. The number of nitrogens with zero attached hydrogens (tertiary/aromatic N) is 2. The van der Waals surface area contributed by atoms with E-state index >= 15 is 0 Å². The van der Waals surface area contributed by atoms with Crippen molar-refractivity contribution in [2.24, 2.45) is 0 Å². The van der Waals surface area contributed by atoms with Crippen molar-refractivity contribution in [3.63, 3.8) is 0 Å². The fourth-order valence-electron chi connectivity index (χ4n) is 3.80. The van der Waals surface area contributed by atoms with Crippen LogP contribution < -0.4 is 10.0 Å². The molecule has 0 spiro atoms. The molecule has 1 aliphatic rings. The number of aryl methyl sites for hydroxylation is 3. The molecule has 2 aromatic rings. The highest BCUT2D eigenvalue weighted by molar-refractivity contribution is 7.81. The van der Waals surface area contributed by atoms with Gasteiger partial charge in [-0.05, 0) is 62.6 Å². The van der Waals surface area contributed by atoms with Crippen molar-refractivity contribution in [2.75, 3.05) is 10.0 Å². The number of rotatable bonds is 4. The Labute approximate surface area is 164 Å². The molecule has 0 aromatic heterocycles. The summed E-state index contributed by atoms with van der Waals surface area (Å²) in [6.45, 7) is 17.0. The molecule has 0 amide bonds. The highest BCUT2D eigenvalue weighted by Crippen LogP contribution is 2.40. The molecule has 1 saturated heterocycles. The third-order valence-electron chi connectivity index (χ3n) is 5.16. The highest BCUT2D eigenvalue weighted by Gasteiger charge is 2.46. The first-order chi connectivity index (χ1) is 12.4. The molecule has 0 radical (unpaired) electrons. The molecule has 1 aliphatic heterocycles. The zero-order valence-electron chi connectivity index (χ0n) is 16.7. The molecular formula is C23H32N2S. The van der Waals surface area contributed by atoms with Gasteiger partial charge in [-0.2, -0.15) is 12.6 Å². The van der Waals surface area contributed by atoms with Crippen LogP contribution in [0.1, 0.15) is 37.5 Å². The van der Waals surface area contributed by atoms with E-state index < -0.39 is 0 Å². The summed E-state index contributed by atoms with van der Waals surface area (Å²) in [6.07, 6.45) is 1.08. The van der Waals surface area contributed by atoms with Crippen LogP contribution in [-0.4, -0.2) is 17.3 Å². The summed E-state index contributed by atoms with van der Waals surface area (Å²) in [5.41, 5.74) is 6.58. The van der Waals surface area contributed by atoms with Gasteiger partial charge in [0.15, 0.2) is 0 Å². The van der Waals surface area contributed by atoms with Gasteiger partial charge in [0.25, 0.3) is 0 Å². The molecule has 3 unspecified atom stereocenters. The first-order valence-electron chi connectivity index (χ1n) is 9.36. The number of benzene rings is 2. The largest absolute Gasteiger partial charge is 0.280 e. The lowest BCUT2D eigenvalue weighted by atomic mass is 9.96. The lowest BCUT2D eigenvalue weighted by Crippen LogP contribution is -2.73. The number of hydrogen-bond acceptors (Lipinski definition) is 3. The van der Waals surface area contributed by atoms with Crippen molar-refractivity contribution in [1.82, 2.24) is 0 Å². The Balaban J connectivity index is 0.00000117. The second-order valence-electron chi connectivity index (χ2n) is 6.96. The Kier molecular flexibility index (Phi) is 6.82. The van der Waals surface area contributed by atoms with E-state index in [2.05, 4.69) is 100 Å². The maximum atomic E-state index is 4.76. The van der Waals surface area contributed by atoms with Gasteiger partial charge in [-0.25, -0.2) is 0 Å². The first-order valence-corrected chi connectivity index (χ1v) is 9.88. The summed E-state index contributed by atoms with van der Waals surface area (Å²) in [5, 5.41) is 5.13. The average Bonchev–Trinajstić information content (AvgIpc) is 2.62. The van der Waals surface area contributed by atoms with Gasteiger partial charge in [0.1, 0.15) is 0 Å². The molecule has 2 aromatic carbocycles. The Morgan fingerprint density at radius 3 is 2.08 bits per heavy atom. The molecule has 3 heteroatoms. The zero-order chi connectivity index (χ0) is 19.4. The van der Waals surface area contributed by atoms with Crippen molar-refractivity contribution >= 4 is 24.0 Å². The van der Waals surface area contributed by atoms with Crippen LogP contribution >= 0.6 is 12.6 Å². The predicted molar refractivity (Wildman–Crippen MR) is 120 cm³/mol. The van der Waals surface area contributed by atoms with E-state index in [9.17, 15) is 0 Å². The zero-order valence-corrected chi connectivity index (χ0v) is 17.6. The molecule has 3 atom stereocenters. The third kappa shape index (κ3) is 3.78. The van der Waals surface area contributed by atoms with Gasteiger partial charge in [0.2, 0.25) is 0 Å². The van der Waals surface area contributed by atoms with Gasteiger partial charge in [-0.15, -0.1) is 13.2 Å². The summed E-state index contributed by atoms with van der Waals surface area (Å²) < 4.78 is 0. The summed E-state index contributed by atoms with van der Waals surface area (Å²) in [4.78, 5) is 0. The molecule has 0 aliphatic carbocycles. The van der Waals surface area contributed by atoms with E-state index in [1.54, 1.807) is 0 Å². The first kappa shape index (κ1) is 20.4. The van der Waals surface area contributed by atoms with Gasteiger partial charge >= 0.3 is 0 Å². The third-order valence-corrected chi connectivity index (χ3v) is 5.46. The number of thiol groups is 1. The lowest BCUT2D eigenvalue weighted by Gasteiger charge is -2.60. The second kappa shape index (κ2) is 8.68. The molecule has 0 saturated carbocycles. The van der Waals surface area contributed by atoms with Crippen LogP contribution in [0.4, 0.5) is 11.4 Å². The van der Waals surface area contributed by atoms with Crippen LogP contribution in [0.5, 0.6) is 0 Å². The van der Waals surface area contributed by atoms with Crippen LogP contribution in [0.25, 0.3) is 0 Å². The van der Waals surface area contributed by atoms with Crippen molar-refractivity contribution in [1.29, 1.82) is 0 Å². The van der Waals surface area contributed by atoms with Crippen LogP contribution in [0.3, 0.4) is 0 Å². The Morgan fingerprint density at radius 1 is 1.00 bits per heavy atom. The number of hydrazine groups is 1. The summed E-state index contributed by atoms with van der Waals surface area (Å²) >= 11 is 4.76. The molecule has 140 valence electrons. The van der Waals surface area contributed by atoms with E-state index in [4.69, 9.17) is 12.6 Å². The minimum Gasteiger partial charge on any atom is -0.280 e. The summed E-state index contributed by atoms with van der Waals surface area (Å²) in [7, 11) is 0. The smallest absolute Gasteiger partial charge is 0.0840 e. The van der Waals surface area contributed by atoms with Crippen molar-refractivity contribution in [3.8, 4) is 0 Å². The average molecular weight is 369 g/mol. The topological polar surface area (TPSA) is 6.48 Å². The van der Waals surface area contributed by atoms with Gasteiger partial charge < -0.3 is 0 Å². The standard InChI is InChI=1S/C21H28N2S.C2H4/c1-6-18-9-12-20(13-15(18)3)23-21(17(5)24)16(4)22(23)19-10-7-14(2)8-11-19;1-2/h7-13,16-17,21,24H,6H2,1-5H3;1-2H2. The highest BCUT2D eigenvalue weighted by atomic mass is 32.1. The van der Waals surface area contributed by atoms with E-state index in [-0.39, 0.29) is 0 Å². The van der Waals surface area contributed by atoms with E-state index in [0.29, 0.717) is 17.3 Å². The Bertz CT molecular complexity index is 723. The predicted octanol–water partition coefficient (Wildman–Crippen LogP) is 5.99. The van der Waals surface area contributed by atoms with E-state index in [0.717, 1.165) is 6.42 Å². The minimum atomic E-state index is 0.313. The summed E-state index contributed by atoms with van der Waals surface area (Å²) in [6, 6.07) is 16.5. The van der Waals surface area contributed by atoms with Crippen LogP contribution in [-0.2, 0) is 6.42 Å².